The maximum atomic E-state index is 13.1. The molecule has 0 saturated carbocycles. The normalized spacial score (nSPS) is 10.3. The van der Waals surface area contributed by atoms with E-state index in [1.165, 1.54) is 18.2 Å². The van der Waals surface area contributed by atoms with E-state index in [0.717, 1.165) is 5.56 Å². The molecule has 0 unspecified atom stereocenters. The number of hydrogen-bond donors (Lipinski definition) is 1. The summed E-state index contributed by atoms with van der Waals surface area (Å²) in [5.74, 6) is -1.04. The Bertz CT molecular complexity index is 649. The average Bonchev–Trinajstić information content (AvgIpc) is 2.38. The minimum atomic E-state index is -1.18. The lowest BCUT2D eigenvalue weighted by Crippen LogP contribution is -2.19. The fourth-order valence-corrected chi connectivity index (χ4v) is 1.97. The second-order valence-corrected chi connectivity index (χ2v) is 4.70. The second-order valence-electron chi connectivity index (χ2n) is 4.29. The number of carboxylic acids is 1. The Hall–Kier alpha value is -2.14. The first kappa shape index (κ1) is 14.3. The quantitative estimate of drug-likeness (QED) is 0.941. The van der Waals surface area contributed by atoms with E-state index in [2.05, 4.69) is 4.98 Å². The third-order valence-electron chi connectivity index (χ3n) is 2.73. The Labute approximate surface area is 120 Å². The van der Waals surface area contributed by atoms with Gasteiger partial charge in [0, 0.05) is 13.6 Å². The molecule has 0 aliphatic carbocycles. The molecule has 1 N–H and O–H groups in total. The van der Waals surface area contributed by atoms with Crippen LogP contribution in [0.4, 0.5) is 10.2 Å². The van der Waals surface area contributed by atoms with Crippen molar-refractivity contribution in [3.63, 3.8) is 0 Å². The van der Waals surface area contributed by atoms with Crippen molar-refractivity contribution in [2.45, 2.75) is 6.54 Å². The predicted octanol–water partition coefficient (Wildman–Crippen LogP) is 3.21. The van der Waals surface area contributed by atoms with Gasteiger partial charge < -0.3 is 10.0 Å². The van der Waals surface area contributed by atoms with Crippen LogP contribution < -0.4 is 4.90 Å². The summed E-state index contributed by atoms with van der Waals surface area (Å²) in [5.41, 5.74) is 0.566. The van der Waals surface area contributed by atoms with Crippen LogP contribution in [0.3, 0.4) is 0 Å². The fraction of sp³-hybridized carbons (Fsp3) is 0.143. The van der Waals surface area contributed by atoms with Crippen LogP contribution in [-0.2, 0) is 6.54 Å². The summed E-state index contributed by atoms with van der Waals surface area (Å²) in [5, 5.41) is 9.07. The van der Waals surface area contributed by atoms with Crippen LogP contribution >= 0.6 is 11.6 Å². The Morgan fingerprint density at radius 2 is 2.15 bits per heavy atom. The molecule has 1 aromatic carbocycles. The van der Waals surface area contributed by atoms with Gasteiger partial charge in [-0.15, -0.1) is 0 Å². The van der Waals surface area contributed by atoms with E-state index in [9.17, 15) is 9.18 Å². The molecule has 2 aromatic rings. The molecule has 0 aliphatic heterocycles. The van der Waals surface area contributed by atoms with Crippen molar-refractivity contribution in [1.82, 2.24) is 4.98 Å². The molecule has 20 heavy (non-hydrogen) atoms. The zero-order chi connectivity index (χ0) is 14.7. The van der Waals surface area contributed by atoms with Crippen LogP contribution in [0.25, 0.3) is 0 Å². The third-order valence-corrected chi connectivity index (χ3v) is 3.04. The van der Waals surface area contributed by atoms with Gasteiger partial charge in [0.05, 0.1) is 5.02 Å². The molecule has 0 radical (unpaired) electrons. The van der Waals surface area contributed by atoms with Gasteiger partial charge in [0.15, 0.2) is 5.69 Å². The van der Waals surface area contributed by atoms with Crippen molar-refractivity contribution >= 4 is 23.4 Å². The van der Waals surface area contributed by atoms with Crippen molar-refractivity contribution in [3.8, 4) is 0 Å². The lowest BCUT2D eigenvalue weighted by Gasteiger charge is -2.18. The van der Waals surface area contributed by atoms with Gasteiger partial charge in [0.1, 0.15) is 11.6 Å². The largest absolute Gasteiger partial charge is 0.476 e. The number of rotatable bonds is 4. The lowest BCUT2D eigenvalue weighted by atomic mass is 10.2. The van der Waals surface area contributed by atoms with Gasteiger partial charge in [0.25, 0.3) is 0 Å². The molecule has 0 bridgehead atoms. The molecule has 1 heterocycles. The topological polar surface area (TPSA) is 53.4 Å². The van der Waals surface area contributed by atoms with Gasteiger partial charge >= 0.3 is 5.97 Å². The van der Waals surface area contributed by atoms with Crippen molar-refractivity contribution in [2.75, 3.05) is 11.9 Å². The Balaban J connectivity index is 2.23. The molecule has 0 fully saturated rings. The fourth-order valence-electron chi connectivity index (χ4n) is 1.78. The number of pyridine rings is 1. The number of aromatic carboxylic acids is 1. The highest BCUT2D eigenvalue weighted by Gasteiger charge is 2.13. The molecule has 0 saturated heterocycles. The smallest absolute Gasteiger partial charge is 0.356 e. The summed E-state index contributed by atoms with van der Waals surface area (Å²) in [6.45, 7) is 0.408. The first-order chi connectivity index (χ1) is 9.47. The van der Waals surface area contributed by atoms with Crippen LogP contribution in [0, 0.1) is 5.82 Å². The van der Waals surface area contributed by atoms with Crippen molar-refractivity contribution < 1.29 is 14.3 Å². The minimum Gasteiger partial charge on any atom is -0.476 e. The summed E-state index contributed by atoms with van der Waals surface area (Å²) in [6.07, 6.45) is 0. The van der Waals surface area contributed by atoms with E-state index in [4.69, 9.17) is 16.7 Å². The first-order valence-electron chi connectivity index (χ1n) is 5.83. The number of aromatic nitrogens is 1. The van der Waals surface area contributed by atoms with Crippen LogP contribution in [0.2, 0.25) is 5.02 Å². The summed E-state index contributed by atoms with van der Waals surface area (Å²) in [7, 11) is 1.74. The zero-order valence-electron chi connectivity index (χ0n) is 10.7. The standard InChI is InChI=1S/C14H12ClFN2O2/c1-18(8-9-3-2-4-10(16)7-9)12-6-5-11(15)13(17-12)14(19)20/h2-7H,8H2,1H3,(H,19,20). The maximum Gasteiger partial charge on any atom is 0.356 e. The van der Waals surface area contributed by atoms with Gasteiger partial charge in [-0.1, -0.05) is 23.7 Å². The number of anilines is 1. The van der Waals surface area contributed by atoms with Crippen molar-refractivity contribution in [1.29, 1.82) is 0 Å². The lowest BCUT2D eigenvalue weighted by molar-refractivity contribution is 0.0691. The first-order valence-corrected chi connectivity index (χ1v) is 6.20. The van der Waals surface area contributed by atoms with Gasteiger partial charge in [-0.25, -0.2) is 14.2 Å². The van der Waals surface area contributed by atoms with Gasteiger partial charge in [-0.2, -0.15) is 0 Å². The molecule has 6 heteroatoms. The number of benzene rings is 1. The van der Waals surface area contributed by atoms with E-state index >= 15 is 0 Å². The monoisotopic (exact) mass is 294 g/mol. The van der Waals surface area contributed by atoms with Gasteiger partial charge in [-0.05, 0) is 29.8 Å². The van der Waals surface area contributed by atoms with E-state index in [0.29, 0.717) is 12.4 Å². The van der Waals surface area contributed by atoms with Crippen molar-refractivity contribution in [2.24, 2.45) is 0 Å². The summed E-state index contributed by atoms with van der Waals surface area (Å²) in [4.78, 5) is 16.7. The molecule has 0 aliphatic rings. The SMILES string of the molecule is CN(Cc1cccc(F)c1)c1ccc(Cl)c(C(=O)O)n1. The summed E-state index contributed by atoms with van der Waals surface area (Å²) in [6, 6.07) is 9.30. The van der Waals surface area contributed by atoms with Crippen LogP contribution in [0.15, 0.2) is 36.4 Å². The molecule has 1 aromatic heterocycles. The molecule has 0 atom stereocenters. The Morgan fingerprint density at radius 1 is 1.40 bits per heavy atom. The number of carboxylic acid groups (broad SMARTS) is 1. The Kier molecular flexibility index (Phi) is 4.20. The van der Waals surface area contributed by atoms with E-state index in [1.807, 2.05) is 0 Å². The molecule has 0 spiro atoms. The minimum absolute atomic E-state index is 0.0837. The summed E-state index contributed by atoms with van der Waals surface area (Å²) < 4.78 is 13.1. The highest BCUT2D eigenvalue weighted by molar-refractivity contribution is 6.33. The van der Waals surface area contributed by atoms with Gasteiger partial charge in [0.2, 0.25) is 0 Å². The Morgan fingerprint density at radius 3 is 2.80 bits per heavy atom. The second kappa shape index (κ2) is 5.88. The van der Waals surface area contributed by atoms with E-state index in [1.54, 1.807) is 30.1 Å². The van der Waals surface area contributed by atoms with Crippen molar-refractivity contribution in [3.05, 3.63) is 58.5 Å². The number of nitrogens with zero attached hydrogens (tertiary/aromatic N) is 2. The van der Waals surface area contributed by atoms with E-state index < -0.39 is 5.97 Å². The maximum absolute atomic E-state index is 13.1. The third kappa shape index (κ3) is 3.24. The van der Waals surface area contributed by atoms with Crippen LogP contribution in [-0.4, -0.2) is 23.1 Å². The van der Waals surface area contributed by atoms with E-state index in [-0.39, 0.29) is 16.5 Å². The molecular weight excluding hydrogens is 283 g/mol. The van der Waals surface area contributed by atoms with Crippen LogP contribution in [0.5, 0.6) is 0 Å². The molecule has 4 nitrogen and oxygen atoms in total. The van der Waals surface area contributed by atoms with Gasteiger partial charge in [-0.3, -0.25) is 0 Å². The molecule has 2 rings (SSSR count). The number of hydrogen-bond acceptors (Lipinski definition) is 3. The predicted molar refractivity (Wildman–Crippen MR) is 74.7 cm³/mol. The molecular formula is C14H12ClFN2O2. The highest BCUT2D eigenvalue weighted by atomic mass is 35.5. The molecule has 0 amide bonds. The zero-order valence-corrected chi connectivity index (χ0v) is 11.4. The number of carbonyl (C=O) groups is 1. The molecule has 104 valence electrons. The average molecular weight is 295 g/mol. The number of halogens is 2. The summed E-state index contributed by atoms with van der Waals surface area (Å²) >= 11 is 5.77. The highest BCUT2D eigenvalue weighted by Crippen LogP contribution is 2.20. The van der Waals surface area contributed by atoms with Crippen LogP contribution in [0.1, 0.15) is 16.1 Å².